The van der Waals surface area contributed by atoms with Crippen molar-refractivity contribution in [2.24, 2.45) is 0 Å². The third-order valence-corrected chi connectivity index (χ3v) is 4.22. The zero-order valence-corrected chi connectivity index (χ0v) is 11.5. The van der Waals surface area contributed by atoms with Crippen LogP contribution in [0.25, 0.3) is 0 Å². The van der Waals surface area contributed by atoms with Crippen LogP contribution in [0.1, 0.15) is 17.0 Å². The third kappa shape index (κ3) is 2.83. The van der Waals surface area contributed by atoms with Crippen LogP contribution in [0.3, 0.4) is 0 Å². The Hall–Kier alpha value is -0.863. The zero-order valence-electron chi connectivity index (χ0n) is 8.94. The summed E-state index contributed by atoms with van der Waals surface area (Å²) in [5.74, 6) is 0.514. The number of hydrogen-bond acceptors (Lipinski definition) is 0. The Morgan fingerprint density at radius 3 is 1.62 bits per heavy atom. The van der Waals surface area contributed by atoms with E-state index in [0.717, 1.165) is 14.2 Å². The second-order valence-electron chi connectivity index (χ2n) is 3.71. The standard InChI is InChI=1S/C14H13BrSi/c15-16-11-14(12-7-3-1-4-8-12)13-9-5-2-6-10-13/h1-10,14H,11H2. The molecule has 2 rings (SSSR count). The Kier molecular flexibility index (Phi) is 4.37. The van der Waals surface area contributed by atoms with Gasteiger partial charge in [0, 0.05) is 5.92 Å². The molecular formula is C14H13BrSi. The van der Waals surface area contributed by atoms with E-state index in [2.05, 4.69) is 76.0 Å². The summed E-state index contributed by atoms with van der Waals surface area (Å²) < 4.78 is 0. The number of hydrogen-bond donors (Lipinski definition) is 0. The predicted molar refractivity (Wildman–Crippen MR) is 74.2 cm³/mol. The molecule has 2 aromatic rings. The first kappa shape index (κ1) is 11.6. The third-order valence-electron chi connectivity index (χ3n) is 2.69. The van der Waals surface area contributed by atoms with Crippen LogP contribution in [0.2, 0.25) is 6.04 Å². The maximum Gasteiger partial charge on any atom is 0.138 e. The SMILES string of the molecule is Br[Si]CC(c1ccccc1)c1ccccc1. The van der Waals surface area contributed by atoms with Gasteiger partial charge in [-0.15, -0.1) is 15.3 Å². The number of rotatable bonds is 4. The summed E-state index contributed by atoms with van der Waals surface area (Å²) in [6, 6.07) is 22.6. The van der Waals surface area contributed by atoms with E-state index < -0.39 is 0 Å². The van der Waals surface area contributed by atoms with Crippen LogP contribution in [-0.2, 0) is 0 Å². The predicted octanol–water partition coefficient (Wildman–Crippen LogP) is 4.25. The molecule has 2 aromatic carbocycles. The van der Waals surface area contributed by atoms with Gasteiger partial charge in [-0.3, -0.25) is 0 Å². The molecule has 0 heterocycles. The Morgan fingerprint density at radius 2 is 1.25 bits per heavy atom. The zero-order chi connectivity index (χ0) is 11.2. The van der Waals surface area contributed by atoms with Crippen LogP contribution in [0.4, 0.5) is 0 Å². The molecule has 0 unspecified atom stereocenters. The van der Waals surface area contributed by atoms with Gasteiger partial charge in [0.15, 0.2) is 0 Å². The van der Waals surface area contributed by atoms with Crippen LogP contribution in [0, 0.1) is 0 Å². The lowest BCUT2D eigenvalue weighted by molar-refractivity contribution is 0.918. The monoisotopic (exact) mass is 288 g/mol. The molecule has 0 nitrogen and oxygen atoms in total. The number of benzene rings is 2. The van der Waals surface area contributed by atoms with E-state index in [-0.39, 0.29) is 0 Å². The summed E-state index contributed by atoms with van der Waals surface area (Å²) in [6.45, 7) is 0. The van der Waals surface area contributed by atoms with E-state index >= 15 is 0 Å². The van der Waals surface area contributed by atoms with Gasteiger partial charge in [0.1, 0.15) is 8.14 Å². The van der Waals surface area contributed by atoms with Gasteiger partial charge in [-0.25, -0.2) is 0 Å². The van der Waals surface area contributed by atoms with Crippen LogP contribution in [-0.4, -0.2) is 8.14 Å². The topological polar surface area (TPSA) is 0 Å². The molecule has 0 atom stereocenters. The van der Waals surface area contributed by atoms with Gasteiger partial charge in [-0.05, 0) is 17.2 Å². The second-order valence-corrected chi connectivity index (χ2v) is 6.07. The average molecular weight is 289 g/mol. The molecule has 0 fully saturated rings. The average Bonchev–Trinajstić information content (AvgIpc) is 2.38. The molecule has 0 N–H and O–H groups in total. The molecule has 2 radical (unpaired) electrons. The molecule has 0 bridgehead atoms. The highest BCUT2D eigenvalue weighted by Gasteiger charge is 2.12. The van der Waals surface area contributed by atoms with Crippen LogP contribution in [0.5, 0.6) is 0 Å². The summed E-state index contributed by atoms with van der Waals surface area (Å²) in [7, 11) is 0.802. The first-order valence-electron chi connectivity index (χ1n) is 5.35. The summed E-state index contributed by atoms with van der Waals surface area (Å²) in [4.78, 5) is 0. The highest BCUT2D eigenvalue weighted by Crippen LogP contribution is 2.28. The Morgan fingerprint density at radius 1 is 0.812 bits per heavy atom. The van der Waals surface area contributed by atoms with Gasteiger partial charge in [0.25, 0.3) is 0 Å². The normalized spacial score (nSPS) is 10.6. The lowest BCUT2D eigenvalue weighted by Gasteiger charge is -2.16. The van der Waals surface area contributed by atoms with Gasteiger partial charge in [0.05, 0.1) is 0 Å². The van der Waals surface area contributed by atoms with Crippen molar-refractivity contribution in [2.45, 2.75) is 12.0 Å². The minimum Gasteiger partial charge on any atom is -0.131 e. The summed E-state index contributed by atoms with van der Waals surface area (Å²) >= 11 is 3.57. The fraction of sp³-hybridized carbons (Fsp3) is 0.143. The summed E-state index contributed by atoms with van der Waals surface area (Å²) in [6.07, 6.45) is 0. The fourth-order valence-electron chi connectivity index (χ4n) is 1.88. The van der Waals surface area contributed by atoms with E-state index in [1.807, 2.05) is 0 Å². The van der Waals surface area contributed by atoms with Crippen molar-refractivity contribution in [2.75, 3.05) is 0 Å². The largest absolute Gasteiger partial charge is 0.138 e. The fourth-order valence-corrected chi connectivity index (χ4v) is 3.47. The van der Waals surface area contributed by atoms with Gasteiger partial charge in [0.2, 0.25) is 0 Å². The van der Waals surface area contributed by atoms with E-state index in [1.54, 1.807) is 0 Å². The minimum absolute atomic E-state index is 0.514. The van der Waals surface area contributed by atoms with Crippen molar-refractivity contribution in [3.05, 3.63) is 71.8 Å². The number of halogens is 1. The maximum atomic E-state index is 3.57. The van der Waals surface area contributed by atoms with Gasteiger partial charge in [-0.1, -0.05) is 60.7 Å². The summed E-state index contributed by atoms with van der Waals surface area (Å²) in [5, 5.41) is 0. The highest BCUT2D eigenvalue weighted by molar-refractivity contribution is 9.23. The minimum atomic E-state index is 0.514. The quantitative estimate of drug-likeness (QED) is 0.583. The van der Waals surface area contributed by atoms with Crippen LogP contribution >= 0.6 is 15.3 Å². The van der Waals surface area contributed by atoms with Crippen molar-refractivity contribution in [1.29, 1.82) is 0 Å². The van der Waals surface area contributed by atoms with E-state index in [9.17, 15) is 0 Å². The molecule has 0 aromatic heterocycles. The lowest BCUT2D eigenvalue weighted by atomic mass is 9.93. The first-order chi connectivity index (χ1) is 7.92. The van der Waals surface area contributed by atoms with Crippen molar-refractivity contribution in [1.82, 2.24) is 0 Å². The molecule has 0 aliphatic carbocycles. The van der Waals surface area contributed by atoms with Crippen LogP contribution < -0.4 is 0 Å². The molecule has 80 valence electrons. The molecule has 0 saturated heterocycles. The van der Waals surface area contributed by atoms with E-state index in [0.29, 0.717) is 5.92 Å². The molecule has 0 spiro atoms. The Bertz CT molecular complexity index is 374. The van der Waals surface area contributed by atoms with Gasteiger partial charge in [-0.2, -0.15) is 0 Å². The van der Waals surface area contributed by atoms with E-state index in [1.165, 1.54) is 11.1 Å². The molecule has 0 aliphatic heterocycles. The lowest BCUT2D eigenvalue weighted by Crippen LogP contribution is -2.01. The molecule has 0 amide bonds. The van der Waals surface area contributed by atoms with Crippen molar-refractivity contribution < 1.29 is 0 Å². The van der Waals surface area contributed by atoms with Crippen molar-refractivity contribution >= 4 is 23.4 Å². The maximum absolute atomic E-state index is 3.57. The smallest absolute Gasteiger partial charge is 0.131 e. The molecule has 0 aliphatic rings. The van der Waals surface area contributed by atoms with Crippen LogP contribution in [0.15, 0.2) is 60.7 Å². The van der Waals surface area contributed by atoms with Crippen molar-refractivity contribution in [3.8, 4) is 0 Å². The molecule has 0 saturated carbocycles. The Balaban J connectivity index is 2.31. The molecule has 2 heteroatoms. The highest BCUT2D eigenvalue weighted by atomic mass is 79.9. The second kappa shape index (κ2) is 6.02. The first-order valence-corrected chi connectivity index (χ1v) is 8.81. The summed E-state index contributed by atoms with van der Waals surface area (Å²) in [5.41, 5.74) is 2.81. The Labute approximate surface area is 107 Å². The van der Waals surface area contributed by atoms with Gasteiger partial charge >= 0.3 is 0 Å². The van der Waals surface area contributed by atoms with Crippen molar-refractivity contribution in [3.63, 3.8) is 0 Å². The molecular weight excluding hydrogens is 276 g/mol. The van der Waals surface area contributed by atoms with Gasteiger partial charge < -0.3 is 0 Å². The molecule has 16 heavy (non-hydrogen) atoms. The van der Waals surface area contributed by atoms with E-state index in [4.69, 9.17) is 0 Å².